The summed E-state index contributed by atoms with van der Waals surface area (Å²) < 4.78 is 5.38. The fourth-order valence-corrected chi connectivity index (χ4v) is 2.50. The Hall–Kier alpha value is -1.88. The molecule has 108 valence electrons. The Bertz CT molecular complexity index is 506. The van der Waals surface area contributed by atoms with E-state index in [4.69, 9.17) is 9.84 Å². The number of hydrogen-bond donors (Lipinski definition) is 1. The fraction of sp³-hybridized carbons (Fsp3) is 0.467. The Morgan fingerprint density at radius 2 is 1.95 bits per heavy atom. The number of ether oxygens (including phenoxy) is 1. The number of nitrogens with zero attached hydrogens (tertiary/aromatic N) is 1. The quantitative estimate of drug-likeness (QED) is 0.911. The zero-order valence-corrected chi connectivity index (χ0v) is 11.8. The number of aryl methyl sites for hydroxylation is 2. The SMILES string of the molecule is Cc1cc(C)cc(C(=O)N2CCOC(CC(=O)O)C2)c1. The monoisotopic (exact) mass is 277 g/mol. The van der Waals surface area contributed by atoms with Crippen molar-refractivity contribution in [2.24, 2.45) is 0 Å². The number of hydrogen-bond acceptors (Lipinski definition) is 3. The second-order valence-corrected chi connectivity index (χ2v) is 5.22. The van der Waals surface area contributed by atoms with Crippen molar-refractivity contribution in [1.29, 1.82) is 0 Å². The van der Waals surface area contributed by atoms with Crippen LogP contribution in [0.15, 0.2) is 18.2 Å². The van der Waals surface area contributed by atoms with Gasteiger partial charge in [-0.25, -0.2) is 0 Å². The third-order valence-electron chi connectivity index (χ3n) is 3.30. The van der Waals surface area contributed by atoms with Gasteiger partial charge in [0.25, 0.3) is 5.91 Å². The fourth-order valence-electron chi connectivity index (χ4n) is 2.50. The number of amides is 1. The van der Waals surface area contributed by atoms with Crippen LogP contribution in [-0.4, -0.2) is 47.7 Å². The van der Waals surface area contributed by atoms with Crippen LogP contribution in [0.25, 0.3) is 0 Å². The minimum absolute atomic E-state index is 0.0597. The van der Waals surface area contributed by atoms with E-state index in [2.05, 4.69) is 0 Å². The highest BCUT2D eigenvalue weighted by molar-refractivity contribution is 5.94. The van der Waals surface area contributed by atoms with E-state index < -0.39 is 12.1 Å². The molecule has 1 atom stereocenters. The second kappa shape index (κ2) is 6.05. The molecule has 0 radical (unpaired) electrons. The molecule has 0 bridgehead atoms. The molecule has 20 heavy (non-hydrogen) atoms. The van der Waals surface area contributed by atoms with E-state index in [1.54, 1.807) is 4.90 Å². The predicted molar refractivity (Wildman–Crippen MR) is 73.8 cm³/mol. The lowest BCUT2D eigenvalue weighted by molar-refractivity contribution is -0.141. The highest BCUT2D eigenvalue weighted by Crippen LogP contribution is 2.15. The van der Waals surface area contributed by atoms with Gasteiger partial charge >= 0.3 is 5.97 Å². The van der Waals surface area contributed by atoms with Crippen LogP contribution in [0.5, 0.6) is 0 Å². The summed E-state index contributed by atoms with van der Waals surface area (Å²) >= 11 is 0. The second-order valence-electron chi connectivity index (χ2n) is 5.22. The average Bonchev–Trinajstić information content (AvgIpc) is 2.36. The molecule has 5 heteroatoms. The first-order valence-electron chi connectivity index (χ1n) is 6.66. The summed E-state index contributed by atoms with van der Waals surface area (Å²) in [7, 11) is 0. The lowest BCUT2D eigenvalue weighted by atomic mass is 10.1. The molecule has 0 aliphatic carbocycles. The number of carbonyl (C=O) groups is 2. The van der Waals surface area contributed by atoms with Crippen LogP contribution in [-0.2, 0) is 9.53 Å². The van der Waals surface area contributed by atoms with Gasteiger partial charge in [0.1, 0.15) is 0 Å². The standard InChI is InChI=1S/C15H19NO4/c1-10-5-11(2)7-12(6-10)15(19)16-3-4-20-13(9-16)8-14(17)18/h5-7,13H,3-4,8-9H2,1-2H3,(H,17,18). The van der Waals surface area contributed by atoms with Crippen LogP contribution in [0.2, 0.25) is 0 Å². The van der Waals surface area contributed by atoms with Crippen molar-refractivity contribution in [3.63, 3.8) is 0 Å². The van der Waals surface area contributed by atoms with Gasteiger partial charge in [0.2, 0.25) is 0 Å². The molecule has 0 aromatic heterocycles. The normalized spacial score (nSPS) is 18.9. The van der Waals surface area contributed by atoms with Crippen molar-refractivity contribution in [3.05, 3.63) is 34.9 Å². The highest BCUT2D eigenvalue weighted by Gasteiger charge is 2.26. The van der Waals surface area contributed by atoms with Gasteiger partial charge in [-0.2, -0.15) is 0 Å². The number of carbonyl (C=O) groups excluding carboxylic acids is 1. The number of benzene rings is 1. The van der Waals surface area contributed by atoms with E-state index in [1.807, 2.05) is 32.0 Å². The maximum atomic E-state index is 12.5. The molecular weight excluding hydrogens is 258 g/mol. The first-order valence-corrected chi connectivity index (χ1v) is 6.66. The largest absolute Gasteiger partial charge is 0.481 e. The minimum atomic E-state index is -0.907. The van der Waals surface area contributed by atoms with E-state index in [0.717, 1.165) is 11.1 Å². The summed E-state index contributed by atoms with van der Waals surface area (Å²) in [6, 6.07) is 5.73. The van der Waals surface area contributed by atoms with Crippen LogP contribution < -0.4 is 0 Å². The Labute approximate surface area is 118 Å². The van der Waals surface area contributed by atoms with E-state index in [-0.39, 0.29) is 12.3 Å². The van der Waals surface area contributed by atoms with Crippen molar-refractivity contribution in [3.8, 4) is 0 Å². The molecule has 1 saturated heterocycles. The number of aliphatic carboxylic acids is 1. The maximum absolute atomic E-state index is 12.5. The van der Waals surface area contributed by atoms with Crippen LogP contribution in [0, 0.1) is 13.8 Å². The summed E-state index contributed by atoms with van der Waals surface area (Å²) in [6.07, 6.45) is -0.493. The number of carboxylic acids is 1. The minimum Gasteiger partial charge on any atom is -0.481 e. The number of carboxylic acid groups (broad SMARTS) is 1. The molecule has 1 aliphatic heterocycles. The molecule has 2 rings (SSSR count). The zero-order chi connectivity index (χ0) is 14.7. The number of morpholine rings is 1. The molecule has 1 heterocycles. The van der Waals surface area contributed by atoms with Gasteiger partial charge in [-0.15, -0.1) is 0 Å². The summed E-state index contributed by atoms with van der Waals surface area (Å²) in [5.41, 5.74) is 2.74. The Balaban J connectivity index is 2.10. The van der Waals surface area contributed by atoms with Crippen molar-refractivity contribution in [1.82, 2.24) is 4.90 Å². The molecule has 1 amide bonds. The van der Waals surface area contributed by atoms with Gasteiger partial charge in [-0.05, 0) is 26.0 Å². The smallest absolute Gasteiger partial charge is 0.306 e. The first kappa shape index (κ1) is 14.5. The van der Waals surface area contributed by atoms with Crippen LogP contribution in [0.3, 0.4) is 0 Å². The van der Waals surface area contributed by atoms with E-state index >= 15 is 0 Å². The molecule has 1 aliphatic rings. The molecule has 1 N–H and O–H groups in total. The van der Waals surface area contributed by atoms with Crippen LogP contribution >= 0.6 is 0 Å². The molecule has 1 aromatic rings. The average molecular weight is 277 g/mol. The third-order valence-corrected chi connectivity index (χ3v) is 3.30. The Morgan fingerprint density at radius 3 is 2.55 bits per heavy atom. The summed E-state index contributed by atoms with van der Waals surface area (Å²) in [4.78, 5) is 24.9. The van der Waals surface area contributed by atoms with Crippen LogP contribution in [0.4, 0.5) is 0 Å². The summed E-state index contributed by atoms with van der Waals surface area (Å²) in [5, 5.41) is 8.80. The molecule has 5 nitrogen and oxygen atoms in total. The predicted octanol–water partition coefficient (Wildman–Crippen LogP) is 1.62. The van der Waals surface area contributed by atoms with Gasteiger partial charge < -0.3 is 14.7 Å². The van der Waals surface area contributed by atoms with Crippen molar-refractivity contribution in [2.45, 2.75) is 26.4 Å². The molecule has 1 unspecified atom stereocenters. The lowest BCUT2D eigenvalue weighted by Gasteiger charge is -2.32. The highest BCUT2D eigenvalue weighted by atomic mass is 16.5. The van der Waals surface area contributed by atoms with Gasteiger partial charge in [0.05, 0.1) is 19.1 Å². The molecule has 1 fully saturated rings. The van der Waals surface area contributed by atoms with E-state index in [9.17, 15) is 9.59 Å². The van der Waals surface area contributed by atoms with Gasteiger partial charge in [-0.3, -0.25) is 9.59 Å². The summed E-state index contributed by atoms with van der Waals surface area (Å²) in [6.45, 7) is 5.13. The molecule has 1 aromatic carbocycles. The van der Waals surface area contributed by atoms with Crippen molar-refractivity contribution < 1.29 is 19.4 Å². The van der Waals surface area contributed by atoms with Crippen molar-refractivity contribution in [2.75, 3.05) is 19.7 Å². The maximum Gasteiger partial charge on any atom is 0.306 e. The van der Waals surface area contributed by atoms with Gasteiger partial charge in [0, 0.05) is 18.7 Å². The van der Waals surface area contributed by atoms with Crippen molar-refractivity contribution >= 4 is 11.9 Å². The summed E-state index contributed by atoms with van der Waals surface area (Å²) in [5.74, 6) is -0.966. The lowest BCUT2D eigenvalue weighted by Crippen LogP contribution is -2.46. The third kappa shape index (κ3) is 3.57. The van der Waals surface area contributed by atoms with E-state index in [0.29, 0.717) is 25.3 Å². The molecule has 0 spiro atoms. The molecule has 0 saturated carbocycles. The number of rotatable bonds is 3. The Kier molecular flexibility index (Phi) is 4.39. The topological polar surface area (TPSA) is 66.8 Å². The zero-order valence-electron chi connectivity index (χ0n) is 11.8. The molecular formula is C15H19NO4. The van der Waals surface area contributed by atoms with Gasteiger partial charge in [-0.1, -0.05) is 17.2 Å². The van der Waals surface area contributed by atoms with Crippen LogP contribution in [0.1, 0.15) is 27.9 Å². The first-order chi connectivity index (χ1) is 9.45. The Morgan fingerprint density at radius 1 is 1.30 bits per heavy atom. The van der Waals surface area contributed by atoms with Gasteiger partial charge in [0.15, 0.2) is 0 Å². The van der Waals surface area contributed by atoms with E-state index in [1.165, 1.54) is 0 Å².